The van der Waals surface area contributed by atoms with Gasteiger partial charge >= 0.3 is 6.61 Å². The van der Waals surface area contributed by atoms with Crippen molar-refractivity contribution >= 4 is 11.6 Å². The van der Waals surface area contributed by atoms with Crippen LogP contribution in [-0.4, -0.2) is 34.6 Å². The van der Waals surface area contributed by atoms with Crippen LogP contribution in [0.15, 0.2) is 48.5 Å². The number of benzene rings is 2. The summed E-state index contributed by atoms with van der Waals surface area (Å²) < 4.78 is 35.4. The Morgan fingerprint density at radius 1 is 1.15 bits per heavy atom. The Morgan fingerprint density at radius 3 is 2.52 bits per heavy atom. The average molecular weight is 374 g/mol. The maximum Gasteiger partial charge on any atom is 0.387 e. The summed E-state index contributed by atoms with van der Waals surface area (Å²) in [6.07, 6.45) is 0. The smallest absolute Gasteiger partial charge is 0.387 e. The number of nitrogens with one attached hydrogen (secondary N) is 1. The van der Waals surface area contributed by atoms with Crippen LogP contribution in [0, 0.1) is 6.92 Å². The number of carbonyl (C=O) groups excluding carboxylic acids is 1. The predicted octanol–water partition coefficient (Wildman–Crippen LogP) is 3.44. The van der Waals surface area contributed by atoms with Crippen molar-refractivity contribution < 1.29 is 23.0 Å². The number of alkyl halides is 2. The standard InChI is InChI=1S/C18H16F2N4O3/c1-11-16(17(25)21-14-5-3-4-6-15(14)26-2)22-23-24(11)12-7-9-13(10-8-12)27-18(19)20/h3-10,18H,1-2H3,(H,21,25). The van der Waals surface area contributed by atoms with E-state index in [0.29, 0.717) is 22.8 Å². The average Bonchev–Trinajstić information content (AvgIpc) is 3.04. The van der Waals surface area contributed by atoms with Gasteiger partial charge in [0.2, 0.25) is 0 Å². The molecule has 9 heteroatoms. The number of hydrogen-bond acceptors (Lipinski definition) is 5. The molecule has 27 heavy (non-hydrogen) atoms. The van der Waals surface area contributed by atoms with Crippen LogP contribution in [0.2, 0.25) is 0 Å². The summed E-state index contributed by atoms with van der Waals surface area (Å²) in [7, 11) is 1.51. The van der Waals surface area contributed by atoms with Crippen LogP contribution in [0.4, 0.5) is 14.5 Å². The molecule has 0 saturated heterocycles. The van der Waals surface area contributed by atoms with E-state index in [1.165, 1.54) is 23.9 Å². The zero-order chi connectivity index (χ0) is 19.4. The van der Waals surface area contributed by atoms with Crippen LogP contribution in [0.5, 0.6) is 11.5 Å². The van der Waals surface area contributed by atoms with Gasteiger partial charge in [0.25, 0.3) is 5.91 Å². The molecule has 0 aliphatic carbocycles. The van der Waals surface area contributed by atoms with Gasteiger partial charge < -0.3 is 14.8 Å². The highest BCUT2D eigenvalue weighted by molar-refractivity contribution is 6.04. The van der Waals surface area contributed by atoms with Gasteiger partial charge in [-0.25, -0.2) is 4.68 Å². The van der Waals surface area contributed by atoms with Gasteiger partial charge in [-0.2, -0.15) is 8.78 Å². The number of ether oxygens (including phenoxy) is 2. The zero-order valence-corrected chi connectivity index (χ0v) is 14.5. The van der Waals surface area contributed by atoms with Crippen molar-refractivity contribution in [2.75, 3.05) is 12.4 Å². The zero-order valence-electron chi connectivity index (χ0n) is 14.5. The van der Waals surface area contributed by atoms with E-state index in [2.05, 4.69) is 20.4 Å². The Kier molecular flexibility index (Phi) is 5.30. The van der Waals surface area contributed by atoms with E-state index in [-0.39, 0.29) is 11.4 Å². The molecular formula is C18H16F2N4O3. The summed E-state index contributed by atoms with van der Waals surface area (Å²) >= 11 is 0. The first-order chi connectivity index (χ1) is 13.0. The number of anilines is 1. The minimum absolute atomic E-state index is 0.0284. The topological polar surface area (TPSA) is 78.3 Å². The molecule has 0 fully saturated rings. The van der Waals surface area contributed by atoms with Crippen LogP contribution in [0.1, 0.15) is 16.2 Å². The highest BCUT2D eigenvalue weighted by Crippen LogP contribution is 2.24. The van der Waals surface area contributed by atoms with Crippen molar-refractivity contribution in [3.05, 3.63) is 59.9 Å². The van der Waals surface area contributed by atoms with Crippen LogP contribution in [-0.2, 0) is 0 Å². The Balaban J connectivity index is 1.81. The number of nitrogens with zero attached hydrogens (tertiary/aromatic N) is 3. The molecular weight excluding hydrogens is 358 g/mol. The Hall–Kier alpha value is -3.49. The van der Waals surface area contributed by atoms with Gasteiger partial charge in [0.15, 0.2) is 5.69 Å². The predicted molar refractivity (Wildman–Crippen MR) is 93.7 cm³/mol. The first-order valence-electron chi connectivity index (χ1n) is 7.91. The number of carbonyl (C=O) groups is 1. The third kappa shape index (κ3) is 4.02. The molecule has 0 spiro atoms. The molecule has 140 valence electrons. The number of hydrogen-bond donors (Lipinski definition) is 1. The lowest BCUT2D eigenvalue weighted by atomic mass is 10.2. The summed E-state index contributed by atoms with van der Waals surface area (Å²) in [6.45, 7) is -1.21. The Bertz CT molecular complexity index is 942. The van der Waals surface area contributed by atoms with Gasteiger partial charge in [0.05, 0.1) is 24.2 Å². The monoisotopic (exact) mass is 374 g/mol. The molecule has 0 unspecified atom stereocenters. The van der Waals surface area contributed by atoms with E-state index < -0.39 is 12.5 Å². The first-order valence-corrected chi connectivity index (χ1v) is 7.91. The van der Waals surface area contributed by atoms with Crippen LogP contribution < -0.4 is 14.8 Å². The number of amides is 1. The van der Waals surface area contributed by atoms with Crippen molar-refractivity contribution in [3.8, 4) is 17.2 Å². The molecule has 3 rings (SSSR count). The Morgan fingerprint density at radius 2 is 1.85 bits per heavy atom. The van der Waals surface area contributed by atoms with E-state index in [4.69, 9.17) is 4.74 Å². The van der Waals surface area contributed by atoms with E-state index in [1.807, 2.05) is 0 Å². The second-order valence-corrected chi connectivity index (χ2v) is 5.46. The van der Waals surface area contributed by atoms with Gasteiger partial charge in [-0.1, -0.05) is 17.3 Å². The minimum atomic E-state index is -2.89. The third-order valence-corrected chi connectivity index (χ3v) is 3.77. The molecule has 1 heterocycles. The fourth-order valence-electron chi connectivity index (χ4n) is 2.48. The molecule has 7 nitrogen and oxygen atoms in total. The molecule has 2 aromatic carbocycles. The second kappa shape index (κ2) is 7.81. The number of halogens is 2. The first kappa shape index (κ1) is 18.3. The molecule has 1 amide bonds. The SMILES string of the molecule is COc1ccccc1NC(=O)c1nnn(-c2ccc(OC(F)F)cc2)c1C. The van der Waals surface area contributed by atoms with E-state index in [9.17, 15) is 13.6 Å². The van der Waals surface area contributed by atoms with Crippen molar-refractivity contribution in [2.24, 2.45) is 0 Å². The van der Waals surface area contributed by atoms with E-state index >= 15 is 0 Å². The number of rotatable bonds is 6. The quantitative estimate of drug-likeness (QED) is 0.715. The van der Waals surface area contributed by atoms with Crippen molar-refractivity contribution in [1.82, 2.24) is 15.0 Å². The van der Waals surface area contributed by atoms with Crippen LogP contribution >= 0.6 is 0 Å². The largest absolute Gasteiger partial charge is 0.495 e. The maximum atomic E-state index is 12.5. The number of para-hydroxylation sites is 2. The van der Waals surface area contributed by atoms with Crippen LogP contribution in [0.25, 0.3) is 5.69 Å². The van der Waals surface area contributed by atoms with Crippen molar-refractivity contribution in [3.63, 3.8) is 0 Å². The molecule has 0 saturated carbocycles. The molecule has 0 bridgehead atoms. The molecule has 0 atom stereocenters. The summed E-state index contributed by atoms with van der Waals surface area (Å²) in [5.41, 5.74) is 1.68. The summed E-state index contributed by atoms with van der Waals surface area (Å²) in [5, 5.41) is 10.6. The molecule has 0 aliphatic heterocycles. The lowest BCUT2D eigenvalue weighted by Gasteiger charge is -2.09. The normalized spacial score (nSPS) is 10.7. The van der Waals surface area contributed by atoms with Crippen LogP contribution in [0.3, 0.4) is 0 Å². The highest BCUT2D eigenvalue weighted by Gasteiger charge is 2.19. The van der Waals surface area contributed by atoms with Gasteiger partial charge in [-0.15, -0.1) is 5.10 Å². The fourth-order valence-corrected chi connectivity index (χ4v) is 2.48. The molecule has 0 radical (unpaired) electrons. The number of methoxy groups -OCH3 is 1. The molecule has 1 aromatic heterocycles. The van der Waals surface area contributed by atoms with E-state index in [1.54, 1.807) is 43.3 Å². The summed E-state index contributed by atoms with van der Waals surface area (Å²) in [6, 6.07) is 12.8. The molecule has 0 aliphatic rings. The van der Waals surface area contributed by atoms with Gasteiger partial charge in [-0.3, -0.25) is 4.79 Å². The maximum absolute atomic E-state index is 12.5. The van der Waals surface area contributed by atoms with Crippen molar-refractivity contribution in [1.29, 1.82) is 0 Å². The minimum Gasteiger partial charge on any atom is -0.495 e. The number of aromatic nitrogens is 3. The van der Waals surface area contributed by atoms with Gasteiger partial charge in [0, 0.05) is 0 Å². The third-order valence-electron chi connectivity index (χ3n) is 3.77. The van der Waals surface area contributed by atoms with E-state index in [0.717, 1.165) is 0 Å². The molecule has 3 aromatic rings. The second-order valence-electron chi connectivity index (χ2n) is 5.46. The highest BCUT2D eigenvalue weighted by atomic mass is 19.3. The lowest BCUT2D eigenvalue weighted by Crippen LogP contribution is -2.14. The van der Waals surface area contributed by atoms with Crippen molar-refractivity contribution in [2.45, 2.75) is 13.5 Å². The molecule has 1 N–H and O–H groups in total. The van der Waals surface area contributed by atoms with Gasteiger partial charge in [0.1, 0.15) is 11.5 Å². The summed E-state index contributed by atoms with van der Waals surface area (Å²) in [5.74, 6) is 0.104. The Labute approximate surface area is 153 Å². The summed E-state index contributed by atoms with van der Waals surface area (Å²) in [4.78, 5) is 12.5. The van der Waals surface area contributed by atoms with Gasteiger partial charge in [-0.05, 0) is 43.3 Å². The lowest BCUT2D eigenvalue weighted by molar-refractivity contribution is -0.0498. The fraction of sp³-hybridized carbons (Fsp3) is 0.167.